The Morgan fingerprint density at radius 1 is 0.432 bits per heavy atom. The van der Waals surface area contributed by atoms with Crippen LogP contribution in [0.4, 0.5) is 105 Å². The molecule has 0 aliphatic rings. The molecule has 0 aliphatic heterocycles. The van der Waals surface area contributed by atoms with E-state index in [1.54, 1.807) is 0 Å². The van der Waals surface area contributed by atoms with Gasteiger partial charge in [-0.05, 0) is 31.2 Å². The van der Waals surface area contributed by atoms with Crippen LogP contribution < -0.4 is 26.4 Å². The molecule has 0 saturated heterocycles. The normalized spacial score (nSPS) is 13.4. The number of carbonyl (C=O) groups is 1. The number of ether oxygens (including phenoxy) is 1. The Hall–Kier alpha value is -6.42. The van der Waals surface area contributed by atoms with Crippen molar-refractivity contribution in [3.63, 3.8) is 0 Å². The maximum absolute atomic E-state index is 14.2. The van der Waals surface area contributed by atoms with E-state index < -0.39 is 195 Å². The van der Waals surface area contributed by atoms with Crippen LogP contribution >= 0.6 is 11.3 Å². The highest BCUT2D eigenvalue weighted by Crippen LogP contribution is 2.41. The molecule has 1 heterocycles. The number of hydrogen-bond donors (Lipinski definition) is 0. The number of aromatic nitrogens is 1. The Kier molecular flexibility index (Phi) is 16.1. The molecule has 0 spiro atoms. The second kappa shape index (κ2) is 20.4. The molecule has 1 aromatic heterocycles. The number of halogens is 24. The van der Waals surface area contributed by atoms with E-state index in [2.05, 4.69) is 0 Å². The van der Waals surface area contributed by atoms with E-state index in [0.29, 0.717) is 18.2 Å². The summed E-state index contributed by atoms with van der Waals surface area (Å²) in [5, 5.41) is 2.53. The van der Waals surface area contributed by atoms with Gasteiger partial charge in [0.05, 0.1) is 56.5 Å². The Balaban J connectivity index is 0.000000500. The number of alkyl halides is 24. The van der Waals surface area contributed by atoms with E-state index >= 15 is 0 Å². The smallest absolute Gasteiger partial charge is 0.416 e. The van der Waals surface area contributed by atoms with Gasteiger partial charge >= 0.3 is 60.4 Å². The van der Waals surface area contributed by atoms with Gasteiger partial charge in [0.25, 0.3) is 0 Å². The van der Waals surface area contributed by atoms with Crippen LogP contribution in [0, 0.1) is 0 Å². The number of hydrogen-bond acceptors (Lipinski definition) is 3. The zero-order valence-corrected chi connectivity index (χ0v) is 37.0. The molecule has 74 heavy (non-hydrogen) atoms. The molecule has 6 rings (SSSR count). The lowest BCUT2D eigenvalue weighted by Crippen LogP contribution is -2.75. The number of esters is 1. The lowest BCUT2D eigenvalue weighted by atomic mass is 9.12. The Morgan fingerprint density at radius 3 is 0.919 bits per heavy atom. The molecule has 3 nitrogen and oxygen atoms in total. The number of rotatable bonds is 8. The fourth-order valence-electron chi connectivity index (χ4n) is 7.64. The molecule has 0 unspecified atom stereocenters. The van der Waals surface area contributed by atoms with Crippen LogP contribution in [0.3, 0.4) is 0 Å². The van der Waals surface area contributed by atoms with Crippen molar-refractivity contribution in [2.24, 2.45) is 0 Å². The average molecular weight is 1110 g/mol. The monoisotopic (exact) mass is 1110 g/mol. The van der Waals surface area contributed by atoms with Gasteiger partial charge in [0.1, 0.15) is 6.15 Å². The van der Waals surface area contributed by atoms with E-state index in [0.717, 1.165) is 0 Å². The summed E-state index contributed by atoms with van der Waals surface area (Å²) in [4.78, 5) is 11.7. The summed E-state index contributed by atoms with van der Waals surface area (Å²) in [5.41, 5.74) is -29.0. The van der Waals surface area contributed by atoms with Crippen LogP contribution in [0.5, 0.6) is 0 Å². The van der Waals surface area contributed by atoms with Crippen molar-refractivity contribution < 1.29 is 119 Å². The average Bonchev–Trinajstić information content (AvgIpc) is 3.73. The van der Waals surface area contributed by atoms with Gasteiger partial charge in [-0.25, -0.2) is 4.79 Å². The highest BCUT2D eigenvalue weighted by Gasteiger charge is 2.47. The zero-order valence-electron chi connectivity index (χ0n) is 36.2. The molecule has 5 aromatic carbocycles. The van der Waals surface area contributed by atoms with E-state index in [4.69, 9.17) is 4.74 Å². The van der Waals surface area contributed by atoms with E-state index in [1.165, 1.54) is 16.9 Å². The second-order valence-corrected chi connectivity index (χ2v) is 16.7. The second-order valence-electron chi connectivity index (χ2n) is 15.8. The lowest BCUT2D eigenvalue weighted by molar-refractivity contribution is -0.685. The van der Waals surface area contributed by atoms with E-state index in [1.807, 2.05) is 53.4 Å². The number of benzene rings is 5. The summed E-state index contributed by atoms with van der Waals surface area (Å²) >= 11 is 1.41. The molecule has 0 bridgehead atoms. The summed E-state index contributed by atoms with van der Waals surface area (Å²) in [7, 11) is 0. The van der Waals surface area contributed by atoms with Gasteiger partial charge in [0.2, 0.25) is 0 Å². The minimum atomic E-state index is -6.13. The predicted molar refractivity (Wildman–Crippen MR) is 216 cm³/mol. The van der Waals surface area contributed by atoms with Crippen LogP contribution in [0.2, 0.25) is 0 Å². The number of carbonyl (C=O) groups excluding carboxylic acids is 1. The van der Waals surface area contributed by atoms with Gasteiger partial charge < -0.3 is 4.74 Å². The molecule has 29 heteroatoms. The van der Waals surface area contributed by atoms with Crippen LogP contribution in [0.25, 0.3) is 0 Å². The van der Waals surface area contributed by atoms with Crippen molar-refractivity contribution in [3.8, 4) is 0 Å². The fourth-order valence-corrected chi connectivity index (χ4v) is 8.39. The maximum atomic E-state index is 14.2. The molecule has 0 saturated carbocycles. The quantitative estimate of drug-likeness (QED) is 0.0658. The summed E-state index contributed by atoms with van der Waals surface area (Å²) < 4.78 is 348. The first kappa shape index (κ1) is 58.5. The summed E-state index contributed by atoms with van der Waals surface area (Å²) in [5.74, 6) is -0.251. The highest BCUT2D eigenvalue weighted by atomic mass is 32.1. The third-order valence-electron chi connectivity index (χ3n) is 10.8. The third-order valence-corrected chi connectivity index (χ3v) is 11.6. The van der Waals surface area contributed by atoms with Crippen molar-refractivity contribution in [1.82, 2.24) is 0 Å². The molecular weight excluding hydrogens is 1090 g/mol. The maximum Gasteiger partial charge on any atom is 0.416 e. The van der Waals surface area contributed by atoms with Gasteiger partial charge in [0, 0.05) is 5.56 Å². The van der Waals surface area contributed by atoms with Crippen molar-refractivity contribution in [2.75, 3.05) is 6.61 Å². The lowest BCUT2D eigenvalue weighted by Gasteiger charge is -2.46. The molecule has 6 aromatic rings. The van der Waals surface area contributed by atoms with Crippen molar-refractivity contribution in [2.45, 2.75) is 62.9 Å². The van der Waals surface area contributed by atoms with E-state index in [-0.39, 0.29) is 5.97 Å². The summed E-state index contributed by atoms with van der Waals surface area (Å²) in [6.07, 6.45) is -52.9. The zero-order chi connectivity index (χ0) is 56.0. The third kappa shape index (κ3) is 13.5. The van der Waals surface area contributed by atoms with Crippen molar-refractivity contribution in [1.29, 1.82) is 0 Å². The SMILES string of the molecule is CCOC(=O)c1scc[n+]1Cc1ccccc1.FC(F)(F)c1cc([B-](c2cc(C(F)(F)F)cc(C(F)(F)F)c2)(c2cc(C(F)(F)F)cc(C(F)(F)F)c2)c2cc(C(F)(F)F)cc(C(F)(F)F)c2)cc(C(F)(F)F)c1. The predicted octanol–water partition coefficient (Wildman–Crippen LogP) is 13.5. The fraction of sp³-hybridized carbons (Fsp3) is 0.244. The van der Waals surface area contributed by atoms with Gasteiger partial charge in [-0.3, -0.25) is 0 Å². The molecule has 0 radical (unpaired) electrons. The molecule has 0 aliphatic carbocycles. The largest absolute Gasteiger partial charge is 0.457 e. The molecule has 0 fully saturated rings. The van der Waals surface area contributed by atoms with Gasteiger partial charge in [-0.1, -0.05) is 90.2 Å². The first-order valence-corrected chi connectivity index (χ1v) is 21.0. The van der Waals surface area contributed by atoms with Crippen LogP contribution in [0.15, 0.2) is 115 Å². The molecule has 0 amide bonds. The minimum absolute atomic E-state index is 0.251. The van der Waals surface area contributed by atoms with Crippen molar-refractivity contribution in [3.05, 3.63) is 170 Å². The molecule has 400 valence electrons. The first-order chi connectivity index (χ1) is 33.6. The highest BCUT2D eigenvalue weighted by molar-refractivity contribution is 7.20. The van der Waals surface area contributed by atoms with Crippen LogP contribution in [0.1, 0.15) is 66.8 Å². The van der Waals surface area contributed by atoms with Crippen molar-refractivity contribution >= 4 is 45.3 Å². The van der Waals surface area contributed by atoms with Gasteiger partial charge in [-0.2, -0.15) is 132 Å². The number of nitrogens with zero attached hydrogens (tertiary/aromatic N) is 1. The molecular formula is C45H26BF24NO2S. The molecule has 0 N–H and O–H groups in total. The first-order valence-electron chi connectivity index (χ1n) is 20.1. The standard InChI is InChI=1S/C32H12BF24.C13H14NO2S/c34-25(35,36)13-1-14(26(37,38)39)6-21(5-13)33(22-7-15(27(40,41)42)2-16(8-22)28(43,44)45,23-9-17(29(46,47)48)3-18(10-23)30(49,50)51)24-11-19(31(52,53)54)4-20(12-24)32(55,56)57;1-2-16-13(15)12-14(8-9-17-12)10-11-6-4-3-5-7-11/h1-12H;3-9H,2,10H2,1H3/q-1;+1. The topological polar surface area (TPSA) is 30.2 Å². The van der Waals surface area contributed by atoms with Gasteiger partial charge in [-0.15, -0.1) is 0 Å². The Bertz CT molecular complexity index is 2520. The summed E-state index contributed by atoms with van der Waals surface area (Å²) in [6.45, 7) is 2.91. The Morgan fingerprint density at radius 2 is 0.689 bits per heavy atom. The van der Waals surface area contributed by atoms with Crippen LogP contribution in [-0.4, -0.2) is 18.7 Å². The summed E-state index contributed by atoms with van der Waals surface area (Å²) in [6, 6.07) is 1.24. The number of thiazole rings is 1. The molecule has 0 atom stereocenters. The minimum Gasteiger partial charge on any atom is -0.457 e. The van der Waals surface area contributed by atoms with Gasteiger partial charge in [0.15, 0.2) is 12.7 Å². The van der Waals surface area contributed by atoms with E-state index in [9.17, 15) is 110 Å². The Labute approximate surface area is 403 Å². The van der Waals surface area contributed by atoms with Crippen LogP contribution in [-0.2, 0) is 60.7 Å².